The smallest absolute Gasteiger partial charge is 0.410 e. The number of aromatic nitrogens is 2. The molecule has 0 spiro atoms. The molecule has 1 aromatic heterocycles. The Morgan fingerprint density at radius 1 is 1.47 bits per heavy atom. The van der Waals surface area contributed by atoms with Crippen LogP contribution in [0.3, 0.4) is 0 Å². The van der Waals surface area contributed by atoms with E-state index in [9.17, 15) is 4.79 Å². The molecule has 0 saturated carbocycles. The Labute approximate surface area is 118 Å². The number of amides is 1. The summed E-state index contributed by atoms with van der Waals surface area (Å²) >= 11 is 1.44. The molecule has 0 bridgehead atoms. The zero-order chi connectivity index (χ0) is 14.0. The highest BCUT2D eigenvalue weighted by Gasteiger charge is 2.29. The zero-order valence-corrected chi connectivity index (χ0v) is 12.8. The highest BCUT2D eigenvalue weighted by atomic mass is 32.1. The molecule has 0 radical (unpaired) electrons. The van der Waals surface area contributed by atoms with Gasteiger partial charge in [-0.3, -0.25) is 0 Å². The van der Waals surface area contributed by atoms with E-state index in [1.54, 1.807) is 4.90 Å². The molecular weight excluding hydrogens is 262 g/mol. The quantitative estimate of drug-likeness (QED) is 0.795. The predicted molar refractivity (Wildman–Crippen MR) is 74.4 cm³/mol. The lowest BCUT2D eigenvalue weighted by molar-refractivity contribution is 0.0198. The van der Waals surface area contributed by atoms with Gasteiger partial charge in [0.2, 0.25) is 0 Å². The zero-order valence-electron chi connectivity index (χ0n) is 12.0. The monoisotopic (exact) mass is 283 g/mol. The Hall–Kier alpha value is -1.17. The minimum absolute atomic E-state index is 0.224. The minimum Gasteiger partial charge on any atom is -0.444 e. The molecule has 0 aliphatic carbocycles. The average molecular weight is 283 g/mol. The molecule has 6 heteroatoms. The van der Waals surface area contributed by atoms with E-state index in [-0.39, 0.29) is 6.09 Å². The van der Waals surface area contributed by atoms with Crippen LogP contribution in [0.25, 0.3) is 0 Å². The first-order chi connectivity index (χ1) is 8.85. The van der Waals surface area contributed by atoms with Crippen LogP contribution >= 0.6 is 11.5 Å². The van der Waals surface area contributed by atoms with Crippen LogP contribution in [-0.4, -0.2) is 39.0 Å². The molecule has 2 heterocycles. The lowest BCUT2D eigenvalue weighted by Gasteiger charge is -2.33. The van der Waals surface area contributed by atoms with Crippen LogP contribution in [0.4, 0.5) is 4.79 Å². The molecule has 2 rings (SSSR count). The maximum Gasteiger partial charge on any atom is 0.410 e. The third kappa shape index (κ3) is 3.89. The van der Waals surface area contributed by atoms with Gasteiger partial charge in [0, 0.05) is 19.0 Å². The predicted octanol–water partition coefficient (Wildman–Crippen LogP) is 2.96. The van der Waals surface area contributed by atoms with Gasteiger partial charge >= 0.3 is 6.09 Å². The van der Waals surface area contributed by atoms with Gasteiger partial charge in [0.05, 0.1) is 0 Å². The van der Waals surface area contributed by atoms with Gasteiger partial charge in [-0.1, -0.05) is 0 Å². The number of hydrogen-bond donors (Lipinski definition) is 0. The molecule has 1 atom stereocenters. The van der Waals surface area contributed by atoms with Gasteiger partial charge in [-0.2, -0.15) is 4.37 Å². The second kappa shape index (κ2) is 5.45. The number of rotatable bonds is 1. The maximum atomic E-state index is 12.1. The van der Waals surface area contributed by atoms with Gasteiger partial charge < -0.3 is 9.64 Å². The lowest BCUT2D eigenvalue weighted by atomic mass is 9.99. The molecule has 19 heavy (non-hydrogen) atoms. The fourth-order valence-corrected chi connectivity index (χ4v) is 2.93. The van der Waals surface area contributed by atoms with Crippen molar-refractivity contribution in [2.75, 3.05) is 13.1 Å². The Bertz CT molecular complexity index is 453. The van der Waals surface area contributed by atoms with E-state index in [0.717, 1.165) is 30.2 Å². The largest absolute Gasteiger partial charge is 0.444 e. The van der Waals surface area contributed by atoms with E-state index in [0.29, 0.717) is 12.5 Å². The first-order valence-corrected chi connectivity index (χ1v) is 7.40. The summed E-state index contributed by atoms with van der Waals surface area (Å²) in [4.78, 5) is 18.3. The van der Waals surface area contributed by atoms with Crippen molar-refractivity contribution in [2.24, 2.45) is 0 Å². The van der Waals surface area contributed by atoms with Crippen LogP contribution in [0.5, 0.6) is 0 Å². The van der Waals surface area contributed by atoms with Gasteiger partial charge in [-0.25, -0.2) is 9.78 Å². The molecule has 1 saturated heterocycles. The Balaban J connectivity index is 1.99. The molecule has 5 nitrogen and oxygen atoms in total. The van der Waals surface area contributed by atoms with Crippen LogP contribution in [0.15, 0.2) is 0 Å². The van der Waals surface area contributed by atoms with Gasteiger partial charge in [0.1, 0.15) is 16.4 Å². The summed E-state index contributed by atoms with van der Waals surface area (Å²) in [7, 11) is 0. The third-order valence-corrected chi connectivity index (χ3v) is 3.93. The normalized spacial score (nSPS) is 20.4. The van der Waals surface area contributed by atoms with E-state index in [4.69, 9.17) is 4.74 Å². The highest BCUT2D eigenvalue weighted by molar-refractivity contribution is 7.05. The van der Waals surface area contributed by atoms with E-state index in [2.05, 4.69) is 9.36 Å². The van der Waals surface area contributed by atoms with Crippen molar-refractivity contribution in [2.45, 2.75) is 52.1 Å². The number of aryl methyl sites for hydroxylation is 1. The molecule has 1 aliphatic rings. The maximum absolute atomic E-state index is 12.1. The molecule has 1 aromatic rings. The van der Waals surface area contributed by atoms with E-state index < -0.39 is 5.60 Å². The van der Waals surface area contributed by atoms with Crippen molar-refractivity contribution in [3.8, 4) is 0 Å². The Morgan fingerprint density at radius 3 is 2.79 bits per heavy atom. The summed E-state index contributed by atoms with van der Waals surface area (Å²) in [6, 6.07) is 0. The van der Waals surface area contributed by atoms with Crippen molar-refractivity contribution >= 4 is 17.6 Å². The summed E-state index contributed by atoms with van der Waals surface area (Å²) in [5, 5.41) is 1.03. The van der Waals surface area contributed by atoms with Crippen LogP contribution in [0.2, 0.25) is 0 Å². The lowest BCUT2D eigenvalue weighted by Crippen LogP contribution is -2.42. The molecule has 1 fully saturated rings. The minimum atomic E-state index is -0.441. The summed E-state index contributed by atoms with van der Waals surface area (Å²) < 4.78 is 9.64. The van der Waals surface area contributed by atoms with Crippen molar-refractivity contribution in [3.63, 3.8) is 0 Å². The number of likely N-dealkylation sites (tertiary alicyclic amines) is 1. The molecule has 0 aromatic carbocycles. The van der Waals surface area contributed by atoms with E-state index in [1.165, 1.54) is 11.5 Å². The molecule has 1 aliphatic heterocycles. The number of ether oxygens (including phenoxy) is 1. The molecule has 106 valence electrons. The number of hydrogen-bond acceptors (Lipinski definition) is 5. The van der Waals surface area contributed by atoms with Gasteiger partial charge in [0.25, 0.3) is 0 Å². The van der Waals surface area contributed by atoms with Crippen molar-refractivity contribution in [1.82, 2.24) is 14.3 Å². The van der Waals surface area contributed by atoms with Crippen LogP contribution in [0.1, 0.15) is 50.4 Å². The Morgan fingerprint density at radius 2 is 2.21 bits per heavy atom. The van der Waals surface area contributed by atoms with Crippen molar-refractivity contribution in [3.05, 3.63) is 10.8 Å². The summed E-state index contributed by atoms with van der Waals surface area (Å²) in [5.74, 6) is 1.11. The van der Waals surface area contributed by atoms with Gasteiger partial charge in [0.15, 0.2) is 0 Å². The summed E-state index contributed by atoms with van der Waals surface area (Å²) in [6.45, 7) is 9.02. The fraction of sp³-hybridized carbons (Fsp3) is 0.769. The number of nitrogens with zero attached hydrogens (tertiary/aromatic N) is 3. The fourth-order valence-electron chi connectivity index (χ4n) is 2.15. The number of carbonyl (C=O) groups is 1. The van der Waals surface area contributed by atoms with E-state index in [1.807, 2.05) is 27.7 Å². The first kappa shape index (κ1) is 14.2. The number of piperidine rings is 1. The first-order valence-electron chi connectivity index (χ1n) is 6.63. The standard InChI is InChI=1S/C13H21N3O2S/c1-9-14-11(19-15-9)10-6-5-7-16(8-10)12(17)18-13(2,3)4/h10H,5-8H2,1-4H3. The van der Waals surface area contributed by atoms with E-state index >= 15 is 0 Å². The molecule has 0 N–H and O–H groups in total. The SMILES string of the molecule is Cc1nsc(C2CCCN(C(=O)OC(C)(C)C)C2)n1. The highest BCUT2D eigenvalue weighted by Crippen LogP contribution is 2.28. The van der Waals surface area contributed by atoms with Gasteiger partial charge in [-0.15, -0.1) is 0 Å². The number of carbonyl (C=O) groups excluding carboxylic acids is 1. The van der Waals surface area contributed by atoms with Gasteiger partial charge in [-0.05, 0) is 52.1 Å². The topological polar surface area (TPSA) is 55.3 Å². The molecule has 1 amide bonds. The second-order valence-electron chi connectivity index (χ2n) is 5.95. The van der Waals surface area contributed by atoms with Crippen molar-refractivity contribution in [1.29, 1.82) is 0 Å². The van der Waals surface area contributed by atoms with Crippen LogP contribution < -0.4 is 0 Å². The molecule has 1 unspecified atom stereocenters. The average Bonchev–Trinajstić information content (AvgIpc) is 2.74. The van der Waals surface area contributed by atoms with Crippen LogP contribution in [-0.2, 0) is 4.74 Å². The Kier molecular flexibility index (Phi) is 4.08. The van der Waals surface area contributed by atoms with Crippen molar-refractivity contribution < 1.29 is 9.53 Å². The third-order valence-electron chi connectivity index (χ3n) is 2.97. The molecular formula is C13H21N3O2S. The summed E-state index contributed by atoms with van der Waals surface area (Å²) in [6.07, 6.45) is 1.83. The van der Waals surface area contributed by atoms with Crippen LogP contribution in [0, 0.1) is 6.92 Å². The summed E-state index contributed by atoms with van der Waals surface area (Å²) in [5.41, 5.74) is -0.441. The second-order valence-corrected chi connectivity index (χ2v) is 6.73.